The minimum atomic E-state index is 0.116. The van der Waals surface area contributed by atoms with Crippen molar-refractivity contribution in [1.29, 1.82) is 0 Å². The fourth-order valence-electron chi connectivity index (χ4n) is 4.99. The molecule has 0 bridgehead atoms. The van der Waals surface area contributed by atoms with Crippen LogP contribution in [0.4, 0.5) is 0 Å². The number of piperidine rings is 1. The van der Waals surface area contributed by atoms with E-state index in [2.05, 4.69) is 65.9 Å². The lowest BCUT2D eigenvalue weighted by molar-refractivity contribution is 0.0411. The van der Waals surface area contributed by atoms with E-state index in [0.29, 0.717) is 6.61 Å². The highest BCUT2D eigenvalue weighted by molar-refractivity contribution is 5.80. The van der Waals surface area contributed by atoms with Crippen LogP contribution in [-0.4, -0.2) is 41.2 Å². The first kappa shape index (κ1) is 19.8. The van der Waals surface area contributed by atoms with Crippen LogP contribution in [0.5, 0.6) is 0 Å². The van der Waals surface area contributed by atoms with Crippen LogP contribution in [0.1, 0.15) is 42.4 Å². The molecule has 0 atom stereocenters. The highest BCUT2D eigenvalue weighted by Crippen LogP contribution is 2.36. The van der Waals surface area contributed by atoms with Gasteiger partial charge in [0.2, 0.25) is 0 Å². The maximum Gasteiger partial charge on any atom is 0.0958 e. The van der Waals surface area contributed by atoms with E-state index in [4.69, 9.17) is 9.72 Å². The summed E-state index contributed by atoms with van der Waals surface area (Å²) in [7, 11) is 2.22. The third-order valence-corrected chi connectivity index (χ3v) is 7.05. The third kappa shape index (κ3) is 4.03. The van der Waals surface area contributed by atoms with Crippen LogP contribution in [0.3, 0.4) is 0 Å². The molecule has 1 aromatic heterocycles. The van der Waals surface area contributed by atoms with E-state index >= 15 is 0 Å². The summed E-state index contributed by atoms with van der Waals surface area (Å²) >= 11 is 0. The molecule has 1 aliphatic carbocycles. The molecule has 0 spiro atoms. The zero-order valence-electron chi connectivity index (χ0n) is 18.3. The van der Waals surface area contributed by atoms with Crippen molar-refractivity contribution in [3.05, 3.63) is 65.5 Å². The molecule has 0 N–H and O–H groups in total. The Morgan fingerprint density at radius 3 is 2.60 bits per heavy atom. The lowest BCUT2D eigenvalue weighted by Crippen LogP contribution is -2.43. The van der Waals surface area contributed by atoms with Crippen LogP contribution in [0, 0.1) is 12.8 Å². The second kappa shape index (κ2) is 8.16. The summed E-state index contributed by atoms with van der Waals surface area (Å²) in [5.74, 6) is 0.832. The molecule has 0 unspecified atom stereocenters. The largest absolute Gasteiger partial charge is 0.376 e. The molecule has 2 fully saturated rings. The van der Waals surface area contributed by atoms with Crippen molar-refractivity contribution in [3.8, 4) is 0 Å². The van der Waals surface area contributed by atoms with Gasteiger partial charge in [0.05, 0.1) is 30.6 Å². The highest BCUT2D eigenvalue weighted by Gasteiger charge is 2.35. The Bertz CT molecular complexity index is 998. The molecule has 1 aliphatic heterocycles. The Hall–Kier alpha value is -2.17. The zero-order valence-corrected chi connectivity index (χ0v) is 18.3. The van der Waals surface area contributed by atoms with Crippen LogP contribution < -0.4 is 0 Å². The minimum absolute atomic E-state index is 0.116. The molecule has 1 saturated carbocycles. The van der Waals surface area contributed by atoms with Crippen molar-refractivity contribution in [3.63, 3.8) is 0 Å². The first-order valence-electron chi connectivity index (χ1n) is 11.4. The van der Waals surface area contributed by atoms with E-state index in [1.54, 1.807) is 0 Å². The van der Waals surface area contributed by atoms with E-state index in [-0.39, 0.29) is 5.41 Å². The quantitative estimate of drug-likeness (QED) is 0.560. The average Bonchev–Trinajstić information content (AvgIpc) is 3.49. The molecule has 2 aromatic carbocycles. The molecule has 2 heterocycles. The second-order valence-corrected chi connectivity index (χ2v) is 9.57. The summed E-state index contributed by atoms with van der Waals surface area (Å²) in [5.41, 5.74) is 6.45. The third-order valence-electron chi connectivity index (χ3n) is 7.05. The molecule has 2 aliphatic rings. The standard InChI is InChI=1S/C26H33N3O/c1-20-14-22(25-24(15-20)27-19-29(25)16-21-8-9-21)17-30-18-26(10-12-28(2)13-11-26)23-6-4-3-5-7-23/h3-7,14-15,19,21H,8-13,16-18H2,1-2H3. The van der Waals surface area contributed by atoms with Crippen LogP contribution >= 0.6 is 0 Å². The number of aromatic nitrogens is 2. The summed E-state index contributed by atoms with van der Waals surface area (Å²) in [4.78, 5) is 7.12. The number of imidazole rings is 1. The number of nitrogens with zero attached hydrogens (tertiary/aromatic N) is 3. The Labute approximate surface area is 179 Å². The minimum Gasteiger partial charge on any atom is -0.376 e. The maximum atomic E-state index is 6.50. The van der Waals surface area contributed by atoms with Crippen molar-refractivity contribution < 1.29 is 4.74 Å². The van der Waals surface area contributed by atoms with Crippen molar-refractivity contribution in [2.45, 2.75) is 51.2 Å². The Kier molecular flexibility index (Phi) is 5.38. The van der Waals surface area contributed by atoms with Gasteiger partial charge in [-0.05, 0) is 75.9 Å². The van der Waals surface area contributed by atoms with Crippen LogP contribution in [0.2, 0.25) is 0 Å². The topological polar surface area (TPSA) is 30.3 Å². The summed E-state index contributed by atoms with van der Waals surface area (Å²) in [5, 5.41) is 0. The number of rotatable bonds is 7. The van der Waals surface area contributed by atoms with Gasteiger partial charge in [-0.15, -0.1) is 0 Å². The summed E-state index contributed by atoms with van der Waals surface area (Å²) < 4.78 is 8.86. The van der Waals surface area contributed by atoms with Gasteiger partial charge in [-0.2, -0.15) is 0 Å². The number of hydrogen-bond donors (Lipinski definition) is 0. The van der Waals surface area contributed by atoms with E-state index in [0.717, 1.165) is 50.5 Å². The van der Waals surface area contributed by atoms with Crippen LogP contribution in [0.15, 0.2) is 48.8 Å². The molecule has 0 radical (unpaired) electrons. The average molecular weight is 404 g/mol. The predicted octanol–water partition coefficient (Wildman–Crippen LogP) is 4.93. The number of benzene rings is 2. The van der Waals surface area contributed by atoms with Gasteiger partial charge in [0.1, 0.15) is 0 Å². The Balaban J connectivity index is 1.37. The van der Waals surface area contributed by atoms with Crippen molar-refractivity contribution in [2.24, 2.45) is 5.92 Å². The van der Waals surface area contributed by atoms with Crippen LogP contribution in [0.25, 0.3) is 11.0 Å². The maximum absolute atomic E-state index is 6.50. The van der Waals surface area contributed by atoms with Gasteiger partial charge in [0.25, 0.3) is 0 Å². The van der Waals surface area contributed by atoms with Crippen molar-refractivity contribution >= 4 is 11.0 Å². The number of fused-ring (bicyclic) bond motifs is 1. The Morgan fingerprint density at radius 2 is 1.87 bits per heavy atom. The van der Waals surface area contributed by atoms with Crippen LogP contribution in [-0.2, 0) is 23.3 Å². The first-order valence-corrected chi connectivity index (χ1v) is 11.4. The van der Waals surface area contributed by atoms with Gasteiger partial charge in [0.15, 0.2) is 0 Å². The number of likely N-dealkylation sites (tertiary alicyclic amines) is 1. The lowest BCUT2D eigenvalue weighted by Gasteiger charge is -2.41. The number of ether oxygens (including phenoxy) is 1. The molecular weight excluding hydrogens is 370 g/mol. The molecule has 3 aromatic rings. The molecule has 30 heavy (non-hydrogen) atoms. The molecule has 1 saturated heterocycles. The van der Waals surface area contributed by atoms with E-state index in [1.165, 1.54) is 35.0 Å². The Morgan fingerprint density at radius 1 is 1.10 bits per heavy atom. The first-order chi connectivity index (χ1) is 14.6. The smallest absolute Gasteiger partial charge is 0.0958 e. The highest BCUT2D eigenvalue weighted by atomic mass is 16.5. The monoisotopic (exact) mass is 403 g/mol. The molecular formula is C26H33N3O. The molecule has 0 amide bonds. The summed E-state index contributed by atoms with van der Waals surface area (Å²) in [6.45, 7) is 6.93. The SMILES string of the molecule is Cc1cc(COCC2(c3ccccc3)CCN(C)CC2)c2c(c1)ncn2CC1CC1. The molecule has 4 heteroatoms. The van der Waals surface area contributed by atoms with Gasteiger partial charge in [-0.1, -0.05) is 36.4 Å². The van der Waals surface area contributed by atoms with E-state index in [1.807, 2.05) is 6.33 Å². The molecule has 5 rings (SSSR count). The normalized spacial score (nSPS) is 19.4. The van der Waals surface area contributed by atoms with E-state index in [9.17, 15) is 0 Å². The molecule has 158 valence electrons. The molecule has 4 nitrogen and oxygen atoms in total. The van der Waals surface area contributed by atoms with Gasteiger partial charge in [-0.3, -0.25) is 0 Å². The van der Waals surface area contributed by atoms with Crippen molar-refractivity contribution in [2.75, 3.05) is 26.7 Å². The fraction of sp³-hybridized carbons (Fsp3) is 0.500. The number of hydrogen-bond acceptors (Lipinski definition) is 3. The van der Waals surface area contributed by atoms with E-state index < -0.39 is 0 Å². The summed E-state index contributed by atoms with van der Waals surface area (Å²) in [6, 6.07) is 15.5. The van der Waals surface area contributed by atoms with Gasteiger partial charge < -0.3 is 14.2 Å². The predicted molar refractivity (Wildman–Crippen MR) is 122 cm³/mol. The lowest BCUT2D eigenvalue weighted by atomic mass is 9.73. The van der Waals surface area contributed by atoms with Gasteiger partial charge >= 0.3 is 0 Å². The summed E-state index contributed by atoms with van der Waals surface area (Å²) in [6.07, 6.45) is 7.03. The van der Waals surface area contributed by atoms with Gasteiger partial charge in [0, 0.05) is 17.5 Å². The van der Waals surface area contributed by atoms with Gasteiger partial charge in [-0.25, -0.2) is 4.98 Å². The van der Waals surface area contributed by atoms with Crippen molar-refractivity contribution in [1.82, 2.24) is 14.5 Å². The fourth-order valence-corrected chi connectivity index (χ4v) is 4.99. The second-order valence-electron chi connectivity index (χ2n) is 9.57. The number of aryl methyl sites for hydroxylation is 1. The zero-order chi connectivity index (χ0) is 20.6.